The monoisotopic (exact) mass is 205 g/mol. The second kappa shape index (κ2) is 4.98. The van der Waals surface area contributed by atoms with E-state index >= 15 is 0 Å². The van der Waals surface area contributed by atoms with E-state index < -0.39 is 0 Å². The van der Waals surface area contributed by atoms with Gasteiger partial charge in [-0.2, -0.15) is 0 Å². The summed E-state index contributed by atoms with van der Waals surface area (Å²) in [6.07, 6.45) is 11.1. The smallest absolute Gasteiger partial charge is 0.00526 e. The molecule has 2 unspecified atom stereocenters. The summed E-state index contributed by atoms with van der Waals surface area (Å²) in [6.45, 7) is 8.55. The highest BCUT2D eigenvalue weighted by molar-refractivity contribution is 5.21. The maximum absolute atomic E-state index is 2.65. The molecule has 15 heavy (non-hydrogen) atoms. The summed E-state index contributed by atoms with van der Waals surface area (Å²) < 4.78 is 0. The molecule has 1 heterocycles. The minimum Gasteiger partial charge on any atom is -0.303 e. The van der Waals surface area contributed by atoms with Gasteiger partial charge in [0.05, 0.1) is 0 Å². The third-order valence-electron chi connectivity index (χ3n) is 3.90. The Morgan fingerprint density at radius 2 is 2.00 bits per heavy atom. The molecule has 0 bridgehead atoms. The molecule has 2 rings (SSSR count). The number of hydrogen-bond acceptors (Lipinski definition) is 1. The molecule has 0 amide bonds. The molecule has 1 nitrogen and oxygen atoms in total. The van der Waals surface area contributed by atoms with Crippen LogP contribution in [-0.2, 0) is 0 Å². The van der Waals surface area contributed by atoms with E-state index in [0.717, 1.165) is 11.8 Å². The Bertz CT molecular complexity index is 259. The van der Waals surface area contributed by atoms with E-state index in [1.807, 2.05) is 0 Å². The van der Waals surface area contributed by atoms with Gasteiger partial charge in [-0.3, -0.25) is 0 Å². The normalized spacial score (nSPS) is 32.8. The molecule has 0 N–H and O–H groups in total. The largest absolute Gasteiger partial charge is 0.303 e. The van der Waals surface area contributed by atoms with E-state index in [-0.39, 0.29) is 0 Å². The van der Waals surface area contributed by atoms with Gasteiger partial charge < -0.3 is 4.90 Å². The highest BCUT2D eigenvalue weighted by Crippen LogP contribution is 2.27. The van der Waals surface area contributed by atoms with Crippen molar-refractivity contribution in [3.8, 4) is 0 Å². The number of rotatable bonds is 2. The molecule has 0 aromatic heterocycles. The summed E-state index contributed by atoms with van der Waals surface area (Å²) in [6, 6.07) is 0. The Morgan fingerprint density at radius 1 is 1.27 bits per heavy atom. The van der Waals surface area contributed by atoms with Crippen molar-refractivity contribution >= 4 is 0 Å². The number of allylic oxidation sites excluding steroid dienone is 3. The first-order chi connectivity index (χ1) is 7.27. The average molecular weight is 205 g/mol. The van der Waals surface area contributed by atoms with Crippen LogP contribution < -0.4 is 0 Å². The van der Waals surface area contributed by atoms with Crippen molar-refractivity contribution in [2.24, 2.45) is 11.8 Å². The van der Waals surface area contributed by atoms with Gasteiger partial charge in [-0.1, -0.05) is 37.1 Å². The maximum Gasteiger partial charge on any atom is 0.00526 e. The van der Waals surface area contributed by atoms with Crippen molar-refractivity contribution in [3.05, 3.63) is 23.8 Å². The maximum atomic E-state index is 2.65. The summed E-state index contributed by atoms with van der Waals surface area (Å²) in [5.74, 6) is 1.48. The summed E-state index contributed by atoms with van der Waals surface area (Å²) in [4.78, 5) is 2.65. The number of hydrogen-bond donors (Lipinski definition) is 0. The minimum absolute atomic E-state index is 0.719. The Hall–Kier alpha value is -0.560. The van der Waals surface area contributed by atoms with E-state index in [1.54, 1.807) is 5.57 Å². The minimum atomic E-state index is 0.719. The first-order valence-corrected chi connectivity index (χ1v) is 6.34. The molecule has 0 spiro atoms. The first-order valence-electron chi connectivity index (χ1n) is 6.34. The molecule has 0 radical (unpaired) electrons. The molecule has 1 fully saturated rings. The van der Waals surface area contributed by atoms with Gasteiger partial charge in [0.25, 0.3) is 0 Å². The van der Waals surface area contributed by atoms with Crippen LogP contribution in [0.5, 0.6) is 0 Å². The van der Waals surface area contributed by atoms with Gasteiger partial charge in [0.15, 0.2) is 0 Å². The molecule has 84 valence electrons. The lowest BCUT2D eigenvalue weighted by atomic mass is 9.83. The molecule has 1 aliphatic carbocycles. The Balaban J connectivity index is 1.92. The van der Waals surface area contributed by atoms with Crippen molar-refractivity contribution < 1.29 is 0 Å². The molecule has 0 aromatic carbocycles. The summed E-state index contributed by atoms with van der Waals surface area (Å²) in [5, 5.41) is 0. The van der Waals surface area contributed by atoms with Gasteiger partial charge >= 0.3 is 0 Å². The fraction of sp³-hybridized carbons (Fsp3) is 0.714. The zero-order chi connectivity index (χ0) is 10.7. The van der Waals surface area contributed by atoms with Crippen molar-refractivity contribution in [3.63, 3.8) is 0 Å². The molecule has 2 aliphatic rings. The lowest BCUT2D eigenvalue weighted by Gasteiger charge is -2.34. The Kier molecular flexibility index (Phi) is 3.63. The number of likely N-dealkylation sites (tertiary alicyclic amines) is 1. The highest BCUT2D eigenvalue weighted by atomic mass is 15.1. The molecule has 1 saturated heterocycles. The second-order valence-corrected chi connectivity index (χ2v) is 5.12. The average Bonchev–Trinajstić information content (AvgIpc) is 2.25. The lowest BCUT2D eigenvalue weighted by molar-refractivity contribution is 0.192. The first kappa shape index (κ1) is 10.9. The van der Waals surface area contributed by atoms with Crippen molar-refractivity contribution in [2.45, 2.75) is 33.1 Å². The van der Waals surface area contributed by atoms with Crippen molar-refractivity contribution in [2.75, 3.05) is 19.6 Å². The van der Waals surface area contributed by atoms with E-state index in [0.29, 0.717) is 0 Å². The number of nitrogens with zero attached hydrogens (tertiary/aromatic N) is 1. The fourth-order valence-electron chi connectivity index (χ4n) is 2.79. The standard InChI is InChI=1S/C14H23N/c1-12-7-6-8-13(2)14(12)11-15-9-4-3-5-10-15/h6-8,12,14H,3-5,9-11H2,1-2H3. The van der Waals surface area contributed by atoms with Crippen molar-refractivity contribution in [1.82, 2.24) is 4.90 Å². The van der Waals surface area contributed by atoms with Crippen LogP contribution in [-0.4, -0.2) is 24.5 Å². The van der Waals surface area contributed by atoms with Gasteiger partial charge in [0, 0.05) is 6.54 Å². The van der Waals surface area contributed by atoms with Crippen LogP contribution in [0.15, 0.2) is 23.8 Å². The molecule has 0 saturated carbocycles. The van der Waals surface area contributed by atoms with Crippen LogP contribution in [0.2, 0.25) is 0 Å². The second-order valence-electron chi connectivity index (χ2n) is 5.12. The molecular formula is C14H23N. The van der Waals surface area contributed by atoms with Crippen LogP contribution in [0, 0.1) is 11.8 Å². The Morgan fingerprint density at radius 3 is 2.67 bits per heavy atom. The lowest BCUT2D eigenvalue weighted by Crippen LogP contribution is -2.36. The summed E-state index contributed by atoms with van der Waals surface area (Å²) in [5.41, 5.74) is 1.57. The van der Waals surface area contributed by atoms with Crippen LogP contribution in [0.25, 0.3) is 0 Å². The SMILES string of the molecule is CC1=CC=CC(C)C1CN1CCCCC1. The van der Waals surface area contributed by atoms with Gasteiger partial charge in [0.1, 0.15) is 0 Å². The highest BCUT2D eigenvalue weighted by Gasteiger charge is 2.22. The molecule has 1 aliphatic heterocycles. The fourth-order valence-corrected chi connectivity index (χ4v) is 2.79. The van der Waals surface area contributed by atoms with E-state index in [1.165, 1.54) is 38.9 Å². The quantitative estimate of drug-likeness (QED) is 0.669. The summed E-state index contributed by atoms with van der Waals surface area (Å²) >= 11 is 0. The van der Waals surface area contributed by atoms with Crippen LogP contribution in [0.4, 0.5) is 0 Å². The predicted molar refractivity (Wildman–Crippen MR) is 65.8 cm³/mol. The van der Waals surface area contributed by atoms with E-state index in [2.05, 4.69) is 37.0 Å². The van der Waals surface area contributed by atoms with Gasteiger partial charge in [-0.25, -0.2) is 0 Å². The van der Waals surface area contributed by atoms with Crippen LogP contribution >= 0.6 is 0 Å². The molecule has 2 atom stereocenters. The molecular weight excluding hydrogens is 182 g/mol. The molecule has 1 heteroatoms. The Labute approximate surface area is 93.9 Å². The van der Waals surface area contributed by atoms with E-state index in [4.69, 9.17) is 0 Å². The zero-order valence-corrected chi connectivity index (χ0v) is 10.1. The number of piperidine rings is 1. The predicted octanol–water partition coefficient (Wildman–Crippen LogP) is 3.24. The summed E-state index contributed by atoms with van der Waals surface area (Å²) in [7, 11) is 0. The molecule has 0 aromatic rings. The third-order valence-corrected chi connectivity index (χ3v) is 3.90. The third kappa shape index (κ3) is 2.72. The topological polar surface area (TPSA) is 3.24 Å². The van der Waals surface area contributed by atoms with Crippen molar-refractivity contribution in [1.29, 1.82) is 0 Å². The van der Waals surface area contributed by atoms with Gasteiger partial charge in [0.2, 0.25) is 0 Å². The zero-order valence-electron chi connectivity index (χ0n) is 10.1. The van der Waals surface area contributed by atoms with E-state index in [9.17, 15) is 0 Å². The van der Waals surface area contributed by atoms with Crippen LogP contribution in [0.3, 0.4) is 0 Å². The van der Waals surface area contributed by atoms with Gasteiger partial charge in [-0.15, -0.1) is 0 Å². The van der Waals surface area contributed by atoms with Gasteiger partial charge in [-0.05, 0) is 44.7 Å². The van der Waals surface area contributed by atoms with Crippen LogP contribution in [0.1, 0.15) is 33.1 Å².